The molecule has 0 bridgehead atoms. The van der Waals surface area contributed by atoms with Crippen molar-refractivity contribution in [3.05, 3.63) is 46.9 Å². The van der Waals surface area contributed by atoms with E-state index in [2.05, 4.69) is 20.6 Å². The van der Waals surface area contributed by atoms with Crippen LogP contribution in [0.25, 0.3) is 0 Å². The number of hydrogen-bond donors (Lipinski definition) is 2. The zero-order chi connectivity index (χ0) is 16.9. The van der Waals surface area contributed by atoms with E-state index in [9.17, 15) is 4.79 Å². The number of amides is 1. The highest BCUT2D eigenvalue weighted by Gasteiger charge is 2.18. The van der Waals surface area contributed by atoms with Gasteiger partial charge in [0, 0.05) is 12.1 Å². The zero-order valence-corrected chi connectivity index (χ0v) is 14.4. The molecule has 0 radical (unpaired) electrons. The molecule has 2 aromatic rings. The molecule has 1 saturated carbocycles. The molecule has 0 spiro atoms. The van der Waals surface area contributed by atoms with Gasteiger partial charge in [-0.2, -0.15) is 0 Å². The van der Waals surface area contributed by atoms with Crippen molar-refractivity contribution < 1.29 is 4.79 Å². The number of carbonyl (C=O) groups excluding carboxylic acids is 1. The van der Waals surface area contributed by atoms with Crippen molar-refractivity contribution in [3.8, 4) is 0 Å². The van der Waals surface area contributed by atoms with Gasteiger partial charge in [-0.3, -0.25) is 4.79 Å². The number of carbonyl (C=O) groups is 1. The number of aromatic nitrogens is 2. The normalized spacial score (nSPS) is 15.1. The van der Waals surface area contributed by atoms with Crippen molar-refractivity contribution in [2.75, 3.05) is 5.32 Å². The molecule has 2 N–H and O–H groups in total. The summed E-state index contributed by atoms with van der Waals surface area (Å²) in [6.07, 6.45) is 5.69. The number of nitrogens with zero attached hydrogens (tertiary/aromatic N) is 2. The lowest BCUT2D eigenvalue weighted by Crippen LogP contribution is -2.36. The monoisotopic (exact) mass is 344 g/mol. The summed E-state index contributed by atoms with van der Waals surface area (Å²) in [5, 5.41) is 6.83. The average Bonchev–Trinajstić information content (AvgIpc) is 2.57. The third kappa shape index (κ3) is 4.23. The number of para-hydroxylation sites is 1. The summed E-state index contributed by atoms with van der Waals surface area (Å²) in [7, 11) is 0. The zero-order valence-electron chi connectivity index (χ0n) is 13.7. The fraction of sp³-hybridized carbons (Fsp3) is 0.389. The van der Waals surface area contributed by atoms with E-state index in [-0.39, 0.29) is 11.9 Å². The van der Waals surface area contributed by atoms with Crippen LogP contribution in [-0.4, -0.2) is 21.9 Å². The van der Waals surface area contributed by atoms with E-state index in [4.69, 9.17) is 11.6 Å². The van der Waals surface area contributed by atoms with Gasteiger partial charge in [-0.1, -0.05) is 43.0 Å². The molecule has 0 unspecified atom stereocenters. The van der Waals surface area contributed by atoms with Gasteiger partial charge in [0.15, 0.2) is 0 Å². The Morgan fingerprint density at radius 2 is 1.92 bits per heavy atom. The highest BCUT2D eigenvalue weighted by Crippen LogP contribution is 2.24. The van der Waals surface area contributed by atoms with Crippen LogP contribution in [0.15, 0.2) is 30.3 Å². The lowest BCUT2D eigenvalue weighted by Gasteiger charge is -2.22. The third-order valence-corrected chi connectivity index (χ3v) is 4.48. The summed E-state index contributed by atoms with van der Waals surface area (Å²) in [5.41, 5.74) is 1.12. The maximum absolute atomic E-state index is 12.5. The van der Waals surface area contributed by atoms with Gasteiger partial charge >= 0.3 is 0 Å². The Hall–Kier alpha value is -2.14. The minimum Gasteiger partial charge on any atom is -0.348 e. The molecule has 1 amide bonds. The molecular weight excluding hydrogens is 324 g/mol. The first-order valence-electron chi connectivity index (χ1n) is 8.30. The number of hydrogen-bond acceptors (Lipinski definition) is 4. The van der Waals surface area contributed by atoms with E-state index < -0.39 is 0 Å². The Morgan fingerprint density at radius 1 is 1.17 bits per heavy atom. The van der Waals surface area contributed by atoms with Crippen LogP contribution >= 0.6 is 11.6 Å². The van der Waals surface area contributed by atoms with E-state index in [0.29, 0.717) is 22.4 Å². The molecule has 1 fully saturated rings. The molecular formula is C18H21ClN4O. The molecule has 1 aromatic heterocycles. The van der Waals surface area contributed by atoms with Crippen LogP contribution in [-0.2, 0) is 0 Å². The fourth-order valence-electron chi connectivity index (χ4n) is 2.95. The van der Waals surface area contributed by atoms with Crippen molar-refractivity contribution in [2.45, 2.75) is 45.1 Å². The number of aryl methyl sites for hydroxylation is 1. The predicted octanol–water partition coefficient (Wildman–Crippen LogP) is 4.24. The SMILES string of the molecule is Cc1nc(Nc2ccccc2Cl)cc(C(=O)NC2CCCCC2)n1. The maximum Gasteiger partial charge on any atom is 0.270 e. The topological polar surface area (TPSA) is 66.9 Å². The van der Waals surface area contributed by atoms with Gasteiger partial charge in [0.05, 0.1) is 10.7 Å². The van der Waals surface area contributed by atoms with Gasteiger partial charge in [0.2, 0.25) is 0 Å². The largest absolute Gasteiger partial charge is 0.348 e. The van der Waals surface area contributed by atoms with Crippen LogP contribution in [0.2, 0.25) is 5.02 Å². The number of rotatable bonds is 4. The van der Waals surface area contributed by atoms with Crippen LogP contribution in [0.1, 0.15) is 48.4 Å². The Kier molecular flexibility index (Phi) is 5.30. The Bertz CT molecular complexity index is 729. The molecule has 126 valence electrons. The smallest absolute Gasteiger partial charge is 0.270 e. The summed E-state index contributed by atoms with van der Waals surface area (Å²) in [4.78, 5) is 21.1. The first-order chi connectivity index (χ1) is 11.6. The molecule has 24 heavy (non-hydrogen) atoms. The van der Waals surface area contributed by atoms with Crippen LogP contribution in [0.3, 0.4) is 0 Å². The first kappa shape index (κ1) is 16.7. The number of nitrogens with one attached hydrogen (secondary N) is 2. The Morgan fingerprint density at radius 3 is 2.67 bits per heavy atom. The predicted molar refractivity (Wildman–Crippen MR) is 95.8 cm³/mol. The molecule has 1 aliphatic carbocycles. The number of halogens is 1. The molecule has 3 rings (SSSR count). The molecule has 0 atom stereocenters. The summed E-state index contributed by atoms with van der Waals surface area (Å²) in [6, 6.07) is 9.33. The lowest BCUT2D eigenvalue weighted by molar-refractivity contribution is 0.0922. The van der Waals surface area contributed by atoms with Crippen molar-refractivity contribution >= 4 is 29.0 Å². The second-order valence-corrected chi connectivity index (χ2v) is 6.51. The van der Waals surface area contributed by atoms with Gasteiger partial charge in [-0.05, 0) is 31.9 Å². The van der Waals surface area contributed by atoms with Crippen LogP contribution in [0.4, 0.5) is 11.5 Å². The Balaban J connectivity index is 1.75. The minimum absolute atomic E-state index is 0.144. The third-order valence-electron chi connectivity index (χ3n) is 4.15. The highest BCUT2D eigenvalue weighted by molar-refractivity contribution is 6.33. The Labute approximate surface area is 146 Å². The summed E-state index contributed by atoms with van der Waals surface area (Å²) >= 11 is 6.16. The molecule has 6 heteroatoms. The lowest BCUT2D eigenvalue weighted by atomic mass is 9.95. The number of benzene rings is 1. The molecule has 1 heterocycles. The van der Waals surface area contributed by atoms with Gasteiger partial charge in [-0.15, -0.1) is 0 Å². The van der Waals surface area contributed by atoms with Crippen LogP contribution in [0, 0.1) is 6.92 Å². The second kappa shape index (κ2) is 7.62. The van der Waals surface area contributed by atoms with Gasteiger partial charge in [0.1, 0.15) is 17.3 Å². The maximum atomic E-state index is 12.5. The molecule has 0 saturated heterocycles. The standard InChI is InChI=1S/C18H21ClN4O/c1-12-20-16(18(24)22-13-7-3-2-4-8-13)11-17(21-12)23-15-10-6-5-9-14(15)19/h5-6,9-11,13H,2-4,7-8H2,1H3,(H,22,24)(H,20,21,23). The molecule has 1 aliphatic rings. The quantitative estimate of drug-likeness (QED) is 0.870. The van der Waals surface area contributed by atoms with Gasteiger partial charge in [-0.25, -0.2) is 9.97 Å². The minimum atomic E-state index is -0.144. The van der Waals surface area contributed by atoms with E-state index >= 15 is 0 Å². The van der Waals surface area contributed by atoms with Crippen molar-refractivity contribution in [1.29, 1.82) is 0 Å². The summed E-state index contributed by atoms with van der Waals surface area (Å²) < 4.78 is 0. The summed E-state index contributed by atoms with van der Waals surface area (Å²) in [6.45, 7) is 1.77. The molecule has 1 aromatic carbocycles. The van der Waals surface area contributed by atoms with E-state index in [1.807, 2.05) is 18.2 Å². The highest BCUT2D eigenvalue weighted by atomic mass is 35.5. The second-order valence-electron chi connectivity index (χ2n) is 6.10. The fourth-order valence-corrected chi connectivity index (χ4v) is 3.14. The van der Waals surface area contributed by atoms with E-state index in [1.165, 1.54) is 19.3 Å². The van der Waals surface area contributed by atoms with Gasteiger partial charge < -0.3 is 10.6 Å². The van der Waals surface area contributed by atoms with Crippen molar-refractivity contribution in [2.24, 2.45) is 0 Å². The van der Waals surface area contributed by atoms with Crippen LogP contribution in [0.5, 0.6) is 0 Å². The van der Waals surface area contributed by atoms with E-state index in [1.54, 1.807) is 19.1 Å². The first-order valence-corrected chi connectivity index (χ1v) is 8.68. The molecule has 0 aliphatic heterocycles. The molecule has 5 nitrogen and oxygen atoms in total. The summed E-state index contributed by atoms with van der Waals surface area (Å²) in [5.74, 6) is 0.958. The number of anilines is 2. The van der Waals surface area contributed by atoms with Crippen LogP contribution < -0.4 is 10.6 Å². The van der Waals surface area contributed by atoms with Crippen molar-refractivity contribution in [3.63, 3.8) is 0 Å². The van der Waals surface area contributed by atoms with E-state index in [0.717, 1.165) is 18.5 Å². The van der Waals surface area contributed by atoms with Crippen molar-refractivity contribution in [1.82, 2.24) is 15.3 Å². The van der Waals surface area contributed by atoms with Gasteiger partial charge in [0.25, 0.3) is 5.91 Å². The average molecular weight is 345 g/mol.